The molecule has 2 aromatic heterocycles. The summed E-state index contributed by atoms with van der Waals surface area (Å²) in [7, 11) is 0. The van der Waals surface area contributed by atoms with Gasteiger partial charge in [-0.2, -0.15) is 13.2 Å². The minimum absolute atomic E-state index is 0.0723. The van der Waals surface area contributed by atoms with Crippen LogP contribution in [0.25, 0.3) is 0 Å². The Morgan fingerprint density at radius 2 is 2.00 bits per heavy atom. The molecule has 0 saturated heterocycles. The summed E-state index contributed by atoms with van der Waals surface area (Å²) in [5.41, 5.74) is -0.409. The van der Waals surface area contributed by atoms with Gasteiger partial charge in [0, 0.05) is 18.1 Å². The highest BCUT2D eigenvalue weighted by atomic mass is 32.2. The first kappa shape index (κ1) is 15.3. The first-order valence-corrected chi connectivity index (χ1v) is 6.69. The van der Waals surface area contributed by atoms with E-state index in [1.54, 1.807) is 12.1 Å². The number of carbonyl (C=O) groups is 1. The van der Waals surface area contributed by atoms with Crippen molar-refractivity contribution < 1.29 is 23.1 Å². The molecule has 0 amide bonds. The van der Waals surface area contributed by atoms with Crippen molar-refractivity contribution in [3.63, 3.8) is 0 Å². The van der Waals surface area contributed by atoms with Gasteiger partial charge < -0.3 is 5.11 Å². The molecule has 21 heavy (non-hydrogen) atoms. The van der Waals surface area contributed by atoms with Crippen molar-refractivity contribution in [2.45, 2.75) is 17.0 Å². The molecule has 0 aliphatic heterocycles. The van der Waals surface area contributed by atoms with Gasteiger partial charge in [-0.15, -0.1) is 11.8 Å². The number of thioether (sulfide) groups is 1. The fourth-order valence-corrected chi connectivity index (χ4v) is 2.36. The van der Waals surface area contributed by atoms with Gasteiger partial charge in [0.05, 0.1) is 10.6 Å². The lowest BCUT2D eigenvalue weighted by Gasteiger charge is -2.07. The molecule has 0 bridgehead atoms. The van der Waals surface area contributed by atoms with Crippen LogP contribution in [-0.4, -0.2) is 21.0 Å². The molecule has 110 valence electrons. The quantitative estimate of drug-likeness (QED) is 0.875. The standard InChI is InChI=1S/C13H9F3N2O2S/c14-13(15,16)9-3-4-10(18-6-9)21-7-8-2-1-5-17-11(8)12(19)20/h1-6H,7H2,(H,19,20). The van der Waals surface area contributed by atoms with E-state index in [-0.39, 0.29) is 11.4 Å². The number of pyridine rings is 2. The molecule has 0 unspecified atom stereocenters. The Kier molecular flexibility index (Phi) is 4.46. The lowest BCUT2D eigenvalue weighted by Crippen LogP contribution is -2.05. The number of aromatic carboxylic acids is 1. The third-order valence-electron chi connectivity index (χ3n) is 2.53. The van der Waals surface area contributed by atoms with Crippen molar-refractivity contribution in [1.82, 2.24) is 9.97 Å². The largest absolute Gasteiger partial charge is 0.477 e. The number of aromatic nitrogens is 2. The van der Waals surface area contributed by atoms with Crippen molar-refractivity contribution in [3.8, 4) is 0 Å². The van der Waals surface area contributed by atoms with E-state index in [0.29, 0.717) is 10.6 Å². The number of carboxylic acid groups (broad SMARTS) is 1. The zero-order valence-electron chi connectivity index (χ0n) is 10.5. The highest BCUT2D eigenvalue weighted by Gasteiger charge is 2.30. The van der Waals surface area contributed by atoms with Crippen LogP contribution < -0.4 is 0 Å². The maximum Gasteiger partial charge on any atom is 0.417 e. The summed E-state index contributed by atoms with van der Waals surface area (Å²) in [6, 6.07) is 5.40. The first-order valence-electron chi connectivity index (χ1n) is 5.71. The number of hydrogen-bond donors (Lipinski definition) is 1. The second-order valence-electron chi connectivity index (χ2n) is 3.99. The SMILES string of the molecule is O=C(O)c1ncccc1CSc1ccc(C(F)(F)F)cn1. The second-order valence-corrected chi connectivity index (χ2v) is 4.98. The summed E-state index contributed by atoms with van der Waals surface area (Å²) in [6.07, 6.45) is -2.30. The third kappa shape index (κ3) is 3.94. The molecule has 0 aliphatic rings. The fourth-order valence-electron chi connectivity index (χ4n) is 1.53. The van der Waals surface area contributed by atoms with Gasteiger partial charge in [0.15, 0.2) is 5.69 Å². The Balaban J connectivity index is 2.09. The summed E-state index contributed by atoms with van der Waals surface area (Å²) in [5, 5.41) is 9.35. The number of nitrogens with zero attached hydrogens (tertiary/aromatic N) is 2. The van der Waals surface area contributed by atoms with Crippen LogP contribution in [0.5, 0.6) is 0 Å². The normalized spacial score (nSPS) is 11.4. The highest BCUT2D eigenvalue weighted by Crippen LogP contribution is 2.30. The number of alkyl halides is 3. The second kappa shape index (κ2) is 6.13. The van der Waals surface area contributed by atoms with Gasteiger partial charge in [0.2, 0.25) is 0 Å². The Labute approximate surface area is 122 Å². The highest BCUT2D eigenvalue weighted by molar-refractivity contribution is 7.98. The van der Waals surface area contributed by atoms with E-state index in [1.807, 2.05) is 0 Å². The summed E-state index contributed by atoms with van der Waals surface area (Å²) in [5.74, 6) is -0.889. The average Bonchev–Trinajstić information content (AvgIpc) is 2.45. The monoisotopic (exact) mass is 314 g/mol. The van der Waals surface area contributed by atoms with Gasteiger partial charge in [0.25, 0.3) is 0 Å². The fraction of sp³-hybridized carbons (Fsp3) is 0.154. The number of rotatable bonds is 4. The zero-order chi connectivity index (χ0) is 15.5. The molecule has 0 atom stereocenters. The molecule has 8 heteroatoms. The Morgan fingerprint density at radius 1 is 1.24 bits per heavy atom. The van der Waals surface area contributed by atoms with Crippen LogP contribution in [0.4, 0.5) is 13.2 Å². The molecule has 0 fully saturated rings. The predicted molar refractivity (Wildman–Crippen MR) is 70.0 cm³/mol. The van der Waals surface area contributed by atoms with Gasteiger partial charge in [0.1, 0.15) is 0 Å². The predicted octanol–water partition coefficient (Wildman–Crippen LogP) is 3.49. The molecule has 4 nitrogen and oxygen atoms in total. The third-order valence-corrected chi connectivity index (χ3v) is 3.53. The molecule has 1 N–H and O–H groups in total. The van der Waals surface area contributed by atoms with E-state index in [1.165, 1.54) is 12.3 Å². The van der Waals surface area contributed by atoms with Crippen molar-refractivity contribution in [2.75, 3.05) is 0 Å². The van der Waals surface area contributed by atoms with Crippen LogP contribution >= 0.6 is 11.8 Å². The molecule has 2 heterocycles. The summed E-state index contributed by atoms with van der Waals surface area (Å²) < 4.78 is 37.2. The first-order chi connectivity index (χ1) is 9.88. The molecule has 0 aliphatic carbocycles. The maximum atomic E-state index is 12.4. The lowest BCUT2D eigenvalue weighted by molar-refractivity contribution is -0.137. The smallest absolute Gasteiger partial charge is 0.417 e. The Hall–Kier alpha value is -2.09. The Bertz CT molecular complexity index is 645. The van der Waals surface area contributed by atoms with Crippen LogP contribution in [0.15, 0.2) is 41.7 Å². The van der Waals surface area contributed by atoms with E-state index >= 15 is 0 Å². The number of halogens is 3. The number of hydrogen-bond acceptors (Lipinski definition) is 4. The van der Waals surface area contributed by atoms with Crippen LogP contribution in [0.3, 0.4) is 0 Å². The molecule has 0 spiro atoms. The van der Waals surface area contributed by atoms with Gasteiger partial charge in [-0.05, 0) is 23.8 Å². The van der Waals surface area contributed by atoms with Crippen molar-refractivity contribution in [1.29, 1.82) is 0 Å². The van der Waals surface area contributed by atoms with E-state index in [0.717, 1.165) is 24.0 Å². The topological polar surface area (TPSA) is 63.1 Å². The summed E-state index contributed by atoms with van der Waals surface area (Å²) in [6.45, 7) is 0. The van der Waals surface area contributed by atoms with Gasteiger partial charge in [-0.1, -0.05) is 6.07 Å². The lowest BCUT2D eigenvalue weighted by atomic mass is 10.2. The molecule has 2 aromatic rings. The van der Waals surface area contributed by atoms with Crippen molar-refractivity contribution >= 4 is 17.7 Å². The van der Waals surface area contributed by atoms with Gasteiger partial charge in [-0.25, -0.2) is 14.8 Å². The van der Waals surface area contributed by atoms with Crippen LogP contribution in [0.2, 0.25) is 0 Å². The summed E-state index contributed by atoms with van der Waals surface area (Å²) in [4.78, 5) is 18.4. The molecular formula is C13H9F3N2O2S. The average molecular weight is 314 g/mol. The molecule has 0 saturated carbocycles. The molecular weight excluding hydrogens is 305 g/mol. The molecule has 2 rings (SSSR count). The maximum absolute atomic E-state index is 12.4. The number of carboxylic acids is 1. The van der Waals surface area contributed by atoms with E-state index < -0.39 is 17.7 Å². The molecule has 0 radical (unpaired) electrons. The van der Waals surface area contributed by atoms with Crippen LogP contribution in [0, 0.1) is 0 Å². The minimum Gasteiger partial charge on any atom is -0.477 e. The van der Waals surface area contributed by atoms with Gasteiger partial charge >= 0.3 is 12.1 Å². The molecule has 0 aromatic carbocycles. The zero-order valence-corrected chi connectivity index (χ0v) is 11.3. The Morgan fingerprint density at radius 3 is 2.57 bits per heavy atom. The minimum atomic E-state index is -4.42. The summed E-state index contributed by atoms with van der Waals surface area (Å²) >= 11 is 1.14. The van der Waals surface area contributed by atoms with E-state index in [2.05, 4.69) is 9.97 Å². The van der Waals surface area contributed by atoms with E-state index in [9.17, 15) is 18.0 Å². The van der Waals surface area contributed by atoms with Crippen LogP contribution in [0.1, 0.15) is 21.6 Å². The van der Waals surface area contributed by atoms with Crippen LogP contribution in [-0.2, 0) is 11.9 Å². The van der Waals surface area contributed by atoms with E-state index in [4.69, 9.17) is 5.11 Å². The van der Waals surface area contributed by atoms with Crippen molar-refractivity contribution in [2.24, 2.45) is 0 Å². The van der Waals surface area contributed by atoms with Crippen molar-refractivity contribution in [3.05, 3.63) is 53.5 Å². The van der Waals surface area contributed by atoms with Gasteiger partial charge in [-0.3, -0.25) is 0 Å².